The number of nitrogens with one attached hydrogen (secondary N) is 1. The Morgan fingerprint density at radius 2 is 1.12 bits per heavy atom. The minimum absolute atomic E-state index is 0.000904. The monoisotopic (exact) mass is 882 g/mol. The molecule has 4 aromatic rings. The van der Waals surface area contributed by atoms with Crippen LogP contribution in [0.15, 0.2) is 116 Å². The molecule has 2 aliphatic rings. The predicted octanol–water partition coefficient (Wildman–Crippen LogP) is 9.33. The zero-order valence-electron chi connectivity index (χ0n) is 29.1. The van der Waals surface area contributed by atoms with E-state index in [4.69, 9.17) is 25.5 Å². The van der Waals surface area contributed by atoms with Crippen LogP contribution >= 0.6 is 52.3 Å². The minimum Gasteiger partial charge on any atom is -0.328 e. The van der Waals surface area contributed by atoms with Gasteiger partial charge in [-0.05, 0) is 111 Å². The SMILES string of the molecule is Cc1cc(S(=O)(=O)NC2CCN(Cc3ccccc3)CC2)ccc1Br.Cc1cc(S(O)(O)Cl)ccc1Br.NC1CCN(Cc2ccccc2)CC1. The van der Waals surface area contributed by atoms with Crippen molar-refractivity contribution in [1.82, 2.24) is 14.5 Å². The Balaban J connectivity index is 0.000000189. The van der Waals surface area contributed by atoms with E-state index in [9.17, 15) is 8.42 Å². The lowest BCUT2D eigenvalue weighted by molar-refractivity contribution is 0.200. The molecule has 0 radical (unpaired) electrons. The van der Waals surface area contributed by atoms with Gasteiger partial charge >= 0.3 is 0 Å². The average molecular weight is 885 g/mol. The van der Waals surface area contributed by atoms with Gasteiger partial charge in [0.25, 0.3) is 0 Å². The highest BCUT2D eigenvalue weighted by molar-refractivity contribution is 9.10. The molecule has 2 heterocycles. The van der Waals surface area contributed by atoms with Crippen molar-refractivity contribution in [2.24, 2.45) is 5.73 Å². The average Bonchev–Trinajstić information content (AvgIpc) is 3.10. The number of benzene rings is 4. The quantitative estimate of drug-likeness (QED) is 0.139. The number of hydrogen-bond donors (Lipinski definition) is 4. The molecular weight excluding hydrogens is 836 g/mol. The molecule has 5 N–H and O–H groups in total. The van der Waals surface area contributed by atoms with Crippen molar-refractivity contribution in [2.75, 3.05) is 26.2 Å². The maximum absolute atomic E-state index is 12.6. The number of piperidine rings is 2. The van der Waals surface area contributed by atoms with Crippen molar-refractivity contribution in [3.05, 3.63) is 128 Å². The van der Waals surface area contributed by atoms with Gasteiger partial charge in [0, 0.05) is 57.9 Å². The highest BCUT2D eigenvalue weighted by atomic mass is 79.9. The van der Waals surface area contributed by atoms with Crippen LogP contribution in [0.25, 0.3) is 0 Å². The number of hydrogen-bond acceptors (Lipinski definition) is 7. The van der Waals surface area contributed by atoms with Crippen LogP contribution in [0.5, 0.6) is 0 Å². The first kappa shape index (κ1) is 41.9. The molecule has 0 bridgehead atoms. The van der Waals surface area contributed by atoms with Crippen LogP contribution in [0.2, 0.25) is 0 Å². The van der Waals surface area contributed by atoms with E-state index in [-0.39, 0.29) is 6.04 Å². The van der Waals surface area contributed by atoms with E-state index in [2.05, 4.69) is 101 Å². The van der Waals surface area contributed by atoms with Crippen LogP contribution in [-0.4, -0.2) is 65.6 Å². The molecule has 8 nitrogen and oxygen atoms in total. The van der Waals surface area contributed by atoms with Gasteiger partial charge in [-0.2, -0.15) is 0 Å². The highest BCUT2D eigenvalue weighted by Gasteiger charge is 2.25. The summed E-state index contributed by atoms with van der Waals surface area (Å²) in [5, 5.41) is 0. The summed E-state index contributed by atoms with van der Waals surface area (Å²) in [6, 6.07) is 31.6. The molecule has 2 fully saturated rings. The summed E-state index contributed by atoms with van der Waals surface area (Å²) in [6.45, 7) is 9.86. The Bertz CT molecular complexity index is 1770. The fourth-order valence-electron chi connectivity index (χ4n) is 5.85. The van der Waals surface area contributed by atoms with Crippen molar-refractivity contribution >= 4 is 62.4 Å². The Morgan fingerprint density at radius 1 is 0.706 bits per heavy atom. The zero-order valence-corrected chi connectivity index (χ0v) is 34.7. The summed E-state index contributed by atoms with van der Waals surface area (Å²) in [5.74, 6) is 0. The van der Waals surface area contributed by atoms with Gasteiger partial charge in [0.15, 0.2) is 0 Å². The lowest BCUT2D eigenvalue weighted by Gasteiger charge is -2.32. The molecule has 6 rings (SSSR count). The van der Waals surface area contributed by atoms with Gasteiger partial charge in [0.1, 0.15) is 0 Å². The molecule has 0 unspecified atom stereocenters. The molecule has 0 spiro atoms. The largest absolute Gasteiger partial charge is 0.328 e. The molecule has 13 heteroatoms. The van der Waals surface area contributed by atoms with Gasteiger partial charge in [0.2, 0.25) is 10.0 Å². The van der Waals surface area contributed by atoms with Gasteiger partial charge in [-0.3, -0.25) is 18.9 Å². The lowest BCUT2D eigenvalue weighted by atomic mass is 10.1. The molecule has 2 aliphatic heterocycles. The third-order valence-electron chi connectivity index (χ3n) is 8.91. The molecule has 2 saturated heterocycles. The third-order valence-corrected chi connectivity index (χ3v) is 13.6. The first-order valence-corrected chi connectivity index (χ1v) is 22.4. The molecule has 4 aromatic carbocycles. The fourth-order valence-corrected chi connectivity index (χ4v) is 8.59. The molecule has 0 atom stereocenters. The van der Waals surface area contributed by atoms with Crippen LogP contribution in [0.3, 0.4) is 0 Å². The summed E-state index contributed by atoms with van der Waals surface area (Å²) < 4.78 is 48.1. The van der Waals surface area contributed by atoms with Crippen molar-refractivity contribution in [1.29, 1.82) is 0 Å². The Labute approximate surface area is 326 Å². The highest BCUT2D eigenvalue weighted by Crippen LogP contribution is 2.53. The predicted molar refractivity (Wildman–Crippen MR) is 219 cm³/mol. The van der Waals surface area contributed by atoms with E-state index in [1.165, 1.54) is 11.1 Å². The van der Waals surface area contributed by atoms with E-state index >= 15 is 0 Å². The van der Waals surface area contributed by atoms with Gasteiger partial charge in [0.05, 0.1) is 9.79 Å². The molecular formula is C38H49Br2ClN4O4S2. The molecule has 278 valence electrons. The summed E-state index contributed by atoms with van der Waals surface area (Å²) >= 11 is 6.71. The van der Waals surface area contributed by atoms with E-state index < -0.39 is 19.8 Å². The number of likely N-dealkylation sites (tertiary alicyclic amines) is 2. The van der Waals surface area contributed by atoms with Gasteiger partial charge in [-0.25, -0.2) is 13.1 Å². The Hall–Kier alpha value is -1.81. The van der Waals surface area contributed by atoms with Crippen molar-refractivity contribution in [2.45, 2.75) is 74.5 Å². The summed E-state index contributed by atoms with van der Waals surface area (Å²) in [7, 11) is -1.19. The fraction of sp³-hybridized carbons (Fsp3) is 0.368. The van der Waals surface area contributed by atoms with Crippen LogP contribution < -0.4 is 10.5 Å². The zero-order chi connectivity index (χ0) is 37.0. The number of aryl methyl sites for hydroxylation is 2. The number of nitrogens with zero attached hydrogens (tertiary/aromatic N) is 2. The van der Waals surface area contributed by atoms with Crippen LogP contribution in [0.1, 0.15) is 47.9 Å². The summed E-state index contributed by atoms with van der Waals surface area (Å²) in [6.07, 6.45) is 3.96. The van der Waals surface area contributed by atoms with Crippen molar-refractivity contribution in [3.63, 3.8) is 0 Å². The third kappa shape index (κ3) is 14.2. The molecule has 0 aromatic heterocycles. The van der Waals surface area contributed by atoms with Crippen LogP contribution in [-0.2, 0) is 23.1 Å². The number of nitrogens with two attached hydrogens (primary N) is 1. The second-order valence-corrected chi connectivity index (χ2v) is 19.2. The maximum atomic E-state index is 12.6. The molecule has 0 amide bonds. The summed E-state index contributed by atoms with van der Waals surface area (Å²) in [5.41, 5.74) is 10.4. The molecule has 0 aliphatic carbocycles. The second-order valence-electron chi connectivity index (χ2n) is 13.1. The topological polar surface area (TPSA) is 119 Å². The van der Waals surface area contributed by atoms with Crippen LogP contribution in [0, 0.1) is 13.8 Å². The minimum atomic E-state index is -3.46. The number of rotatable bonds is 8. The Morgan fingerprint density at radius 3 is 1.55 bits per heavy atom. The van der Waals surface area contributed by atoms with E-state index in [0.29, 0.717) is 15.8 Å². The van der Waals surface area contributed by atoms with Gasteiger partial charge in [-0.15, -0.1) is 0 Å². The standard InChI is InChI=1S/C19H23BrN2O2S.C12H18N2.C7H8BrClO2S/c1-15-13-18(7-8-19(15)20)25(23,24)21-17-9-11-22(12-10-17)14-16-5-3-2-4-6-16;13-12-6-8-14(9-7-12)10-11-4-2-1-3-5-11;1-5-4-6(12(9,10)11)2-3-7(5)8/h2-8,13,17,21H,9-12,14H2,1H3;1-5,12H,6-10,13H2;2-4,10-11H,1H3. The Kier molecular flexibility index (Phi) is 16.5. The van der Waals surface area contributed by atoms with E-state index in [1.54, 1.807) is 36.4 Å². The first-order chi connectivity index (χ1) is 24.2. The summed E-state index contributed by atoms with van der Waals surface area (Å²) in [4.78, 5) is 5.55. The maximum Gasteiger partial charge on any atom is 0.240 e. The lowest BCUT2D eigenvalue weighted by Crippen LogP contribution is -2.44. The second kappa shape index (κ2) is 20.0. The first-order valence-electron chi connectivity index (χ1n) is 17.0. The van der Waals surface area contributed by atoms with E-state index in [0.717, 1.165) is 85.0 Å². The smallest absolute Gasteiger partial charge is 0.240 e. The molecule has 51 heavy (non-hydrogen) atoms. The van der Waals surface area contributed by atoms with Crippen molar-refractivity contribution < 1.29 is 17.5 Å². The van der Waals surface area contributed by atoms with Gasteiger partial charge in [-0.1, -0.05) is 102 Å². The van der Waals surface area contributed by atoms with Gasteiger partial charge < -0.3 is 5.73 Å². The number of sulfonamides is 1. The van der Waals surface area contributed by atoms with Crippen molar-refractivity contribution in [3.8, 4) is 0 Å². The van der Waals surface area contributed by atoms with E-state index in [1.807, 2.05) is 19.9 Å². The molecule has 0 saturated carbocycles. The van der Waals surface area contributed by atoms with Crippen LogP contribution in [0.4, 0.5) is 0 Å². The number of halogens is 3. The normalized spacial score (nSPS) is 16.8.